The molecule has 5 nitrogen and oxygen atoms in total. The van der Waals surface area contributed by atoms with Gasteiger partial charge < -0.3 is 9.80 Å². The number of nitrogens with zero attached hydrogens (tertiary/aromatic N) is 4. The van der Waals surface area contributed by atoms with Crippen LogP contribution >= 0.6 is 11.6 Å². The predicted molar refractivity (Wildman–Crippen MR) is 75.8 cm³/mol. The van der Waals surface area contributed by atoms with E-state index in [0.29, 0.717) is 23.7 Å². The first kappa shape index (κ1) is 14.5. The smallest absolute Gasteiger partial charge is 0.183 e. The maximum atomic E-state index is 12.4. The number of hydrogen-bond acceptors (Lipinski definition) is 4. The summed E-state index contributed by atoms with van der Waals surface area (Å²) in [4.78, 5) is 16.9. The van der Waals surface area contributed by atoms with E-state index in [9.17, 15) is 4.79 Å². The highest BCUT2D eigenvalue weighted by molar-refractivity contribution is 6.33. The molecule has 1 fully saturated rings. The molecule has 0 radical (unpaired) electrons. The Kier molecular flexibility index (Phi) is 4.60. The SMILES string of the molecule is CCn1ncc(Cl)c1C(=O)CC1CN(C)CCN1C. The minimum atomic E-state index is 0.0801. The Bertz CT molecular complexity index is 459. The van der Waals surface area contributed by atoms with E-state index in [1.54, 1.807) is 10.9 Å². The third-order valence-electron chi connectivity index (χ3n) is 3.76. The first-order chi connectivity index (χ1) is 9.02. The zero-order valence-corrected chi connectivity index (χ0v) is 12.5. The molecule has 0 spiro atoms. The summed E-state index contributed by atoms with van der Waals surface area (Å²) in [5, 5.41) is 4.58. The molecule has 2 rings (SSSR count). The van der Waals surface area contributed by atoms with Crippen molar-refractivity contribution in [2.75, 3.05) is 33.7 Å². The van der Waals surface area contributed by atoms with E-state index >= 15 is 0 Å². The monoisotopic (exact) mass is 284 g/mol. The number of likely N-dealkylation sites (N-methyl/N-ethyl adjacent to an activating group) is 2. The molecule has 1 unspecified atom stereocenters. The van der Waals surface area contributed by atoms with Crippen molar-refractivity contribution in [1.82, 2.24) is 19.6 Å². The van der Waals surface area contributed by atoms with Crippen LogP contribution in [0, 0.1) is 0 Å². The second-order valence-electron chi connectivity index (χ2n) is 5.18. The summed E-state index contributed by atoms with van der Waals surface area (Å²) in [7, 11) is 4.16. The Morgan fingerprint density at radius 3 is 2.89 bits per heavy atom. The molecule has 0 aliphatic carbocycles. The first-order valence-corrected chi connectivity index (χ1v) is 7.04. The van der Waals surface area contributed by atoms with Crippen molar-refractivity contribution >= 4 is 17.4 Å². The van der Waals surface area contributed by atoms with Gasteiger partial charge in [-0.3, -0.25) is 9.48 Å². The third kappa shape index (κ3) is 3.16. The summed E-state index contributed by atoms with van der Waals surface area (Å²) in [6.07, 6.45) is 2.04. The predicted octanol–water partition coefficient (Wildman–Crippen LogP) is 1.38. The highest BCUT2D eigenvalue weighted by Crippen LogP contribution is 2.20. The van der Waals surface area contributed by atoms with Crippen molar-refractivity contribution in [3.63, 3.8) is 0 Å². The first-order valence-electron chi connectivity index (χ1n) is 6.66. The fourth-order valence-corrected chi connectivity index (χ4v) is 2.76. The number of aryl methyl sites for hydroxylation is 1. The number of carbonyl (C=O) groups is 1. The van der Waals surface area contributed by atoms with E-state index in [4.69, 9.17) is 11.6 Å². The van der Waals surface area contributed by atoms with Gasteiger partial charge >= 0.3 is 0 Å². The fraction of sp³-hybridized carbons (Fsp3) is 0.692. The summed E-state index contributed by atoms with van der Waals surface area (Å²) in [5.41, 5.74) is 0.547. The van der Waals surface area contributed by atoms with Crippen LogP contribution in [0.25, 0.3) is 0 Å². The van der Waals surface area contributed by atoms with Gasteiger partial charge in [-0.1, -0.05) is 11.6 Å². The lowest BCUT2D eigenvalue weighted by Crippen LogP contribution is -2.50. The van der Waals surface area contributed by atoms with Crippen LogP contribution in [-0.2, 0) is 6.54 Å². The zero-order valence-electron chi connectivity index (χ0n) is 11.8. The van der Waals surface area contributed by atoms with Crippen LogP contribution in [0.15, 0.2) is 6.20 Å². The highest BCUT2D eigenvalue weighted by atomic mass is 35.5. The van der Waals surface area contributed by atoms with Crippen LogP contribution in [0.4, 0.5) is 0 Å². The van der Waals surface area contributed by atoms with Gasteiger partial charge in [-0.25, -0.2) is 0 Å². The highest BCUT2D eigenvalue weighted by Gasteiger charge is 2.27. The molecule has 19 heavy (non-hydrogen) atoms. The number of ketones is 1. The standard InChI is InChI=1S/C13H21ClN4O/c1-4-18-13(11(14)8-15-18)12(19)7-10-9-16(2)5-6-17(10)3/h8,10H,4-7,9H2,1-3H3. The van der Waals surface area contributed by atoms with Crippen molar-refractivity contribution in [3.05, 3.63) is 16.9 Å². The van der Waals surface area contributed by atoms with Crippen molar-refractivity contribution in [3.8, 4) is 0 Å². The molecule has 0 amide bonds. The Balaban J connectivity index is 2.10. The van der Waals surface area contributed by atoms with Crippen molar-refractivity contribution in [2.24, 2.45) is 0 Å². The summed E-state index contributed by atoms with van der Waals surface area (Å²) >= 11 is 6.07. The summed E-state index contributed by atoms with van der Waals surface area (Å²) in [6.45, 7) is 5.58. The second kappa shape index (κ2) is 6.03. The van der Waals surface area contributed by atoms with Gasteiger partial charge in [0.25, 0.3) is 0 Å². The van der Waals surface area contributed by atoms with E-state index in [2.05, 4.69) is 29.0 Å². The molecule has 6 heteroatoms. The van der Waals surface area contributed by atoms with Gasteiger partial charge in [-0.15, -0.1) is 0 Å². The maximum absolute atomic E-state index is 12.4. The normalized spacial score (nSPS) is 21.8. The number of piperazine rings is 1. The molecule has 2 heterocycles. The molecule has 0 N–H and O–H groups in total. The average molecular weight is 285 g/mol. The largest absolute Gasteiger partial charge is 0.304 e. The van der Waals surface area contributed by atoms with Crippen LogP contribution in [0.2, 0.25) is 5.02 Å². The van der Waals surface area contributed by atoms with Crippen LogP contribution in [0.5, 0.6) is 0 Å². The number of carbonyl (C=O) groups excluding carboxylic acids is 1. The van der Waals surface area contributed by atoms with Gasteiger partial charge in [0.1, 0.15) is 5.69 Å². The number of hydrogen-bond donors (Lipinski definition) is 0. The number of rotatable bonds is 4. The maximum Gasteiger partial charge on any atom is 0.183 e. The molecule has 1 saturated heterocycles. The summed E-state index contributed by atoms with van der Waals surface area (Å²) in [6, 6.07) is 0.252. The molecule has 0 bridgehead atoms. The van der Waals surface area contributed by atoms with Gasteiger partial charge in [0.15, 0.2) is 5.78 Å². The molecule has 1 aliphatic heterocycles. The van der Waals surface area contributed by atoms with Crippen molar-refractivity contribution in [2.45, 2.75) is 25.9 Å². The van der Waals surface area contributed by atoms with E-state index in [-0.39, 0.29) is 11.8 Å². The van der Waals surface area contributed by atoms with Gasteiger partial charge in [0.05, 0.1) is 11.2 Å². The minimum absolute atomic E-state index is 0.0801. The Labute approximate surface area is 119 Å². The Morgan fingerprint density at radius 2 is 2.21 bits per heavy atom. The summed E-state index contributed by atoms with van der Waals surface area (Å²) < 4.78 is 1.68. The molecule has 0 aromatic carbocycles. The fourth-order valence-electron chi connectivity index (χ4n) is 2.51. The lowest BCUT2D eigenvalue weighted by atomic mass is 10.0. The molecule has 0 saturated carbocycles. The second-order valence-corrected chi connectivity index (χ2v) is 5.59. The quantitative estimate of drug-likeness (QED) is 0.783. The molecule has 1 aromatic heterocycles. The van der Waals surface area contributed by atoms with Gasteiger partial charge in [-0.05, 0) is 21.0 Å². The number of halogens is 1. The van der Waals surface area contributed by atoms with E-state index in [1.807, 2.05) is 6.92 Å². The molecular weight excluding hydrogens is 264 g/mol. The lowest BCUT2D eigenvalue weighted by molar-refractivity contribution is 0.0801. The molecule has 106 valence electrons. The van der Waals surface area contributed by atoms with Crippen LogP contribution in [0.3, 0.4) is 0 Å². The number of aromatic nitrogens is 2. The van der Waals surface area contributed by atoms with Crippen LogP contribution in [0.1, 0.15) is 23.8 Å². The van der Waals surface area contributed by atoms with E-state index < -0.39 is 0 Å². The van der Waals surface area contributed by atoms with Crippen molar-refractivity contribution in [1.29, 1.82) is 0 Å². The minimum Gasteiger partial charge on any atom is -0.304 e. The van der Waals surface area contributed by atoms with E-state index in [0.717, 1.165) is 19.6 Å². The zero-order chi connectivity index (χ0) is 14.0. The van der Waals surface area contributed by atoms with Crippen molar-refractivity contribution < 1.29 is 4.79 Å². The van der Waals surface area contributed by atoms with Gasteiger partial charge in [0.2, 0.25) is 0 Å². The Morgan fingerprint density at radius 1 is 1.47 bits per heavy atom. The molecule has 1 aliphatic rings. The Hall–Kier alpha value is -0.910. The average Bonchev–Trinajstić information content (AvgIpc) is 2.75. The molecular formula is C13H21ClN4O. The lowest BCUT2D eigenvalue weighted by Gasteiger charge is -2.37. The van der Waals surface area contributed by atoms with Crippen LogP contribution < -0.4 is 0 Å². The number of Topliss-reactive ketones (excluding diaryl/α,β-unsaturated/α-hetero) is 1. The molecule has 1 aromatic rings. The topological polar surface area (TPSA) is 41.4 Å². The van der Waals surface area contributed by atoms with E-state index in [1.165, 1.54) is 0 Å². The summed E-state index contributed by atoms with van der Waals surface area (Å²) in [5.74, 6) is 0.0801. The van der Waals surface area contributed by atoms with Gasteiger partial charge in [0, 0.05) is 38.6 Å². The third-order valence-corrected chi connectivity index (χ3v) is 4.04. The van der Waals surface area contributed by atoms with Crippen LogP contribution in [-0.4, -0.2) is 65.1 Å². The molecule has 1 atom stereocenters. The van der Waals surface area contributed by atoms with Gasteiger partial charge in [-0.2, -0.15) is 5.10 Å².